The highest BCUT2D eigenvalue weighted by Crippen LogP contribution is 2.41. The fourth-order valence-electron chi connectivity index (χ4n) is 2.38. The fraction of sp³-hybridized carbons (Fsp3) is 0.417. The minimum Gasteiger partial charge on any atom is -0.508 e. The van der Waals surface area contributed by atoms with Crippen molar-refractivity contribution in [3.63, 3.8) is 0 Å². The number of hydrogen-bond donors (Lipinski definition) is 3. The van der Waals surface area contributed by atoms with Gasteiger partial charge in [-0.25, -0.2) is 0 Å². The second kappa shape index (κ2) is 3.79. The van der Waals surface area contributed by atoms with Crippen molar-refractivity contribution in [2.75, 3.05) is 0 Å². The molecule has 1 aromatic carbocycles. The van der Waals surface area contributed by atoms with Crippen LogP contribution >= 0.6 is 0 Å². The first-order valence-electron chi connectivity index (χ1n) is 5.25. The van der Waals surface area contributed by atoms with E-state index in [0.717, 1.165) is 0 Å². The molecular formula is C12H14O4. The first kappa shape index (κ1) is 11.0. The zero-order chi connectivity index (χ0) is 11.8. The third-order valence-electron chi connectivity index (χ3n) is 3.32. The molecule has 1 aliphatic carbocycles. The van der Waals surface area contributed by atoms with Gasteiger partial charge in [0, 0.05) is 0 Å². The Morgan fingerprint density at radius 3 is 2.38 bits per heavy atom. The van der Waals surface area contributed by atoms with Gasteiger partial charge in [-0.05, 0) is 37.0 Å². The van der Waals surface area contributed by atoms with Crippen molar-refractivity contribution in [3.05, 3.63) is 29.8 Å². The van der Waals surface area contributed by atoms with Crippen molar-refractivity contribution in [2.24, 2.45) is 0 Å². The molecule has 1 aromatic rings. The molecule has 1 fully saturated rings. The molecule has 0 heterocycles. The molecule has 4 heteroatoms. The third-order valence-corrected chi connectivity index (χ3v) is 3.32. The lowest BCUT2D eigenvalue weighted by Gasteiger charge is -2.24. The van der Waals surface area contributed by atoms with E-state index in [9.17, 15) is 20.1 Å². The van der Waals surface area contributed by atoms with Crippen LogP contribution in [0.1, 0.15) is 24.8 Å². The number of phenols is 1. The summed E-state index contributed by atoms with van der Waals surface area (Å²) < 4.78 is 0. The Bertz CT molecular complexity index is 398. The Kier molecular flexibility index (Phi) is 2.59. The van der Waals surface area contributed by atoms with Gasteiger partial charge >= 0.3 is 5.97 Å². The van der Waals surface area contributed by atoms with Crippen LogP contribution in [0.15, 0.2) is 24.3 Å². The van der Waals surface area contributed by atoms with Crippen LogP contribution in [0.4, 0.5) is 0 Å². The average molecular weight is 222 g/mol. The summed E-state index contributed by atoms with van der Waals surface area (Å²) in [5.74, 6) is -0.794. The number of carboxylic acids is 1. The molecule has 0 bridgehead atoms. The highest BCUT2D eigenvalue weighted by molar-refractivity contribution is 5.82. The van der Waals surface area contributed by atoms with Gasteiger partial charge in [0.2, 0.25) is 0 Å². The normalized spacial score (nSPS) is 29.2. The molecule has 2 rings (SSSR count). The van der Waals surface area contributed by atoms with Crippen LogP contribution < -0.4 is 0 Å². The molecule has 0 aliphatic heterocycles. The summed E-state index contributed by atoms with van der Waals surface area (Å²) in [6.45, 7) is 0. The van der Waals surface area contributed by atoms with E-state index >= 15 is 0 Å². The highest BCUT2D eigenvalue weighted by Gasteiger charge is 2.46. The minimum atomic E-state index is -0.993. The number of aliphatic hydroxyl groups is 1. The summed E-state index contributed by atoms with van der Waals surface area (Å²) in [6.07, 6.45) is 0.638. The highest BCUT2D eigenvalue weighted by atomic mass is 16.4. The van der Waals surface area contributed by atoms with Gasteiger partial charge in [-0.15, -0.1) is 0 Å². The van der Waals surface area contributed by atoms with Gasteiger partial charge in [0.05, 0.1) is 11.5 Å². The smallest absolute Gasteiger partial charge is 0.314 e. The van der Waals surface area contributed by atoms with Crippen molar-refractivity contribution >= 4 is 5.97 Å². The third kappa shape index (κ3) is 1.65. The standard InChI is InChI=1S/C12H14O4/c13-9-3-1-8(2-4-9)12(11(15)16)6-5-10(14)7-12/h1-4,10,13-14H,5-7H2,(H,15,16). The molecule has 3 N–H and O–H groups in total. The Balaban J connectivity index is 2.40. The van der Waals surface area contributed by atoms with Gasteiger partial charge in [0.15, 0.2) is 0 Å². The van der Waals surface area contributed by atoms with E-state index in [1.54, 1.807) is 12.1 Å². The maximum absolute atomic E-state index is 11.4. The quantitative estimate of drug-likeness (QED) is 0.704. The van der Waals surface area contributed by atoms with Crippen LogP contribution in [0.25, 0.3) is 0 Å². The molecule has 1 aliphatic rings. The second-order valence-electron chi connectivity index (χ2n) is 4.33. The van der Waals surface area contributed by atoms with Crippen molar-refractivity contribution in [1.82, 2.24) is 0 Å². The topological polar surface area (TPSA) is 77.8 Å². The maximum atomic E-state index is 11.4. The summed E-state index contributed by atoms with van der Waals surface area (Å²) in [6, 6.07) is 6.18. The van der Waals surface area contributed by atoms with Gasteiger partial charge in [-0.3, -0.25) is 4.79 Å². The Labute approximate surface area is 93.2 Å². The maximum Gasteiger partial charge on any atom is 0.314 e. The van der Waals surface area contributed by atoms with E-state index < -0.39 is 17.5 Å². The van der Waals surface area contributed by atoms with E-state index in [1.807, 2.05) is 0 Å². The van der Waals surface area contributed by atoms with Crippen LogP contribution in [0.5, 0.6) is 5.75 Å². The largest absolute Gasteiger partial charge is 0.508 e. The van der Waals surface area contributed by atoms with Crippen LogP contribution in [-0.2, 0) is 10.2 Å². The fourth-order valence-corrected chi connectivity index (χ4v) is 2.38. The monoisotopic (exact) mass is 222 g/mol. The van der Waals surface area contributed by atoms with E-state index in [4.69, 9.17) is 0 Å². The van der Waals surface area contributed by atoms with Gasteiger partial charge in [0.1, 0.15) is 5.75 Å². The Hall–Kier alpha value is -1.55. The van der Waals surface area contributed by atoms with E-state index in [0.29, 0.717) is 18.4 Å². The zero-order valence-electron chi connectivity index (χ0n) is 8.76. The molecule has 0 aromatic heterocycles. The molecule has 2 atom stereocenters. The number of benzene rings is 1. The molecule has 1 saturated carbocycles. The molecule has 4 nitrogen and oxygen atoms in total. The van der Waals surface area contributed by atoms with Crippen LogP contribution in [-0.4, -0.2) is 27.4 Å². The number of hydrogen-bond acceptors (Lipinski definition) is 3. The number of aromatic hydroxyl groups is 1. The number of rotatable bonds is 2. The predicted octanol–water partition coefficient (Wildman–Crippen LogP) is 1.26. The molecule has 0 saturated heterocycles. The van der Waals surface area contributed by atoms with Gasteiger partial charge in [-0.1, -0.05) is 12.1 Å². The molecule has 0 radical (unpaired) electrons. The summed E-state index contributed by atoms with van der Waals surface area (Å²) in [5.41, 5.74) is -0.345. The van der Waals surface area contributed by atoms with Gasteiger partial charge in [0.25, 0.3) is 0 Å². The van der Waals surface area contributed by atoms with E-state index in [2.05, 4.69) is 0 Å². The Morgan fingerprint density at radius 1 is 1.31 bits per heavy atom. The predicted molar refractivity (Wildman–Crippen MR) is 57.3 cm³/mol. The Morgan fingerprint density at radius 2 is 1.94 bits per heavy atom. The summed E-state index contributed by atoms with van der Waals surface area (Å²) in [4.78, 5) is 11.4. The van der Waals surface area contributed by atoms with E-state index in [-0.39, 0.29) is 12.2 Å². The lowest BCUT2D eigenvalue weighted by molar-refractivity contribution is -0.144. The van der Waals surface area contributed by atoms with Gasteiger partial charge < -0.3 is 15.3 Å². The van der Waals surface area contributed by atoms with Crippen LogP contribution in [0, 0.1) is 0 Å². The lowest BCUT2D eigenvalue weighted by atomic mass is 9.79. The van der Waals surface area contributed by atoms with Crippen LogP contribution in [0.2, 0.25) is 0 Å². The van der Waals surface area contributed by atoms with Gasteiger partial charge in [-0.2, -0.15) is 0 Å². The summed E-state index contributed by atoms with van der Waals surface area (Å²) >= 11 is 0. The number of aliphatic hydroxyl groups excluding tert-OH is 1. The molecule has 2 unspecified atom stereocenters. The lowest BCUT2D eigenvalue weighted by Crippen LogP contribution is -2.33. The van der Waals surface area contributed by atoms with E-state index in [1.165, 1.54) is 12.1 Å². The second-order valence-corrected chi connectivity index (χ2v) is 4.33. The molecule has 86 valence electrons. The van der Waals surface area contributed by atoms with Crippen molar-refractivity contribution in [1.29, 1.82) is 0 Å². The molecule has 0 amide bonds. The summed E-state index contributed by atoms with van der Waals surface area (Å²) in [7, 11) is 0. The van der Waals surface area contributed by atoms with Crippen molar-refractivity contribution in [2.45, 2.75) is 30.8 Å². The van der Waals surface area contributed by atoms with Crippen LogP contribution in [0.3, 0.4) is 0 Å². The minimum absolute atomic E-state index is 0.114. The SMILES string of the molecule is O=C(O)C1(c2ccc(O)cc2)CCC(O)C1. The first-order chi connectivity index (χ1) is 7.54. The molecule has 16 heavy (non-hydrogen) atoms. The van der Waals surface area contributed by atoms with Crippen molar-refractivity contribution < 1.29 is 20.1 Å². The van der Waals surface area contributed by atoms with Crippen molar-refractivity contribution in [3.8, 4) is 5.75 Å². The number of phenolic OH excluding ortho intramolecular Hbond substituents is 1. The molecular weight excluding hydrogens is 208 g/mol. The summed E-state index contributed by atoms with van der Waals surface area (Å²) in [5, 5.41) is 28.0. The number of carbonyl (C=O) groups is 1. The number of carboxylic acid groups (broad SMARTS) is 1. The molecule has 0 spiro atoms. The number of aliphatic carboxylic acids is 1. The zero-order valence-corrected chi connectivity index (χ0v) is 8.76. The average Bonchev–Trinajstić information content (AvgIpc) is 2.63. The first-order valence-corrected chi connectivity index (χ1v) is 5.25.